The first-order valence-corrected chi connectivity index (χ1v) is 46.4. The van der Waals surface area contributed by atoms with Crippen molar-refractivity contribution in [3.8, 4) is 0 Å². The van der Waals surface area contributed by atoms with Crippen LogP contribution in [0.3, 0.4) is 0 Å². The summed E-state index contributed by atoms with van der Waals surface area (Å²) in [6.07, 6.45) is 114. The monoisotopic (exact) mass is 1610 g/mol. The summed E-state index contributed by atoms with van der Waals surface area (Å²) < 4.78 is 61.3. The van der Waals surface area contributed by atoms with Crippen LogP contribution in [0.4, 0.5) is 0 Å². The minimum atomic E-state index is -4.96. The SMILES string of the molecule is CC/C=C\C/C=C\C/C=C\C/C=C\C/C=C\C/C=C\CCCCCCCCCCCCC(=O)OCC(O)COP(=O)(O)OCC(O)COP(=O)(O)OCC(COC(=O)CCCCCCCCCCCCC/C=C\C/C=C\C/C=C\C/C=C\C/C=C\CC)OC(=O)CCCC/C=C\C/C=C\C/C=C\C/C=C\C/C=C\C/C=C\CC. The van der Waals surface area contributed by atoms with E-state index in [2.05, 4.69) is 227 Å². The van der Waals surface area contributed by atoms with Gasteiger partial charge in [-0.2, -0.15) is 0 Å². The van der Waals surface area contributed by atoms with Crippen molar-refractivity contribution in [1.82, 2.24) is 0 Å². The number of allylic oxidation sites excluding steroid dienone is 34. The summed E-state index contributed by atoms with van der Waals surface area (Å²) in [6.45, 7) is 2.28. The van der Waals surface area contributed by atoms with E-state index in [1.807, 2.05) is 0 Å². The fraction of sp³-hybridized carbons (Fsp3) is 0.611. The molecule has 0 rings (SSSR count). The first-order valence-electron chi connectivity index (χ1n) is 43.4. The Labute approximate surface area is 686 Å². The fourth-order valence-electron chi connectivity index (χ4n) is 11.0. The maximum absolute atomic E-state index is 13.0. The summed E-state index contributed by atoms with van der Waals surface area (Å²) in [4.78, 5) is 58.9. The third-order valence-electron chi connectivity index (χ3n) is 17.5. The molecule has 0 aromatic carbocycles. The summed E-state index contributed by atoms with van der Waals surface area (Å²) in [5.74, 6) is -1.64. The summed E-state index contributed by atoms with van der Waals surface area (Å²) in [7, 11) is -9.84. The molecule has 0 fully saturated rings. The third kappa shape index (κ3) is 86.8. The largest absolute Gasteiger partial charge is 0.472 e. The predicted octanol–water partition coefficient (Wildman–Crippen LogP) is 26.4. The van der Waals surface area contributed by atoms with Gasteiger partial charge in [0, 0.05) is 19.3 Å². The topological polar surface area (TPSA) is 231 Å². The Kier molecular flexibility index (Phi) is 81.1. The molecule has 0 spiro atoms. The molecule has 0 aromatic rings. The van der Waals surface area contributed by atoms with Crippen molar-refractivity contribution in [3.05, 3.63) is 207 Å². The van der Waals surface area contributed by atoms with E-state index in [1.165, 1.54) is 70.6 Å². The van der Waals surface area contributed by atoms with Gasteiger partial charge >= 0.3 is 33.6 Å². The van der Waals surface area contributed by atoms with Gasteiger partial charge in [-0.15, -0.1) is 0 Å². The standard InChI is InChI=1S/C95H154O16P2/c1-4-7-10-13-16-19-22-25-28-31-34-37-39-41-43-44-46-48-49-52-54-57-60-63-66-69-72-75-78-81-93(98)105-84-90(96)85-107-112(101,102)108-86-91(97)87-109-113(103,104)110-89-92(111-95(100)83-80-77-74-71-68-65-62-59-56-51-36-33-30-27-24-21-18-15-12-9-6-3)88-106-94(99)82-79-76-73-70-67-64-61-58-55-53-50-47-45-42-40-38-35-32-29-26-23-20-17-14-11-8-5-2/h7-12,16-21,25-30,34-38,41-43,45-46,48,51,59,62,68,71,90-92,96-97H,4-6,13-15,22-24,31-33,39-40,44,47,49-50,52-58,60-61,63-67,69-70,72-89H2,1-3H3,(H,101,102)(H,103,104)/b10-7-,11-8-,12-9-,19-16-,20-17-,21-18-,28-25-,29-26-,30-27-,37-34-,38-35-,43-41-,45-42-,48-46-,51-36-,62-59-,71-68-. The molecule has 113 heavy (non-hydrogen) atoms. The predicted molar refractivity (Wildman–Crippen MR) is 472 cm³/mol. The van der Waals surface area contributed by atoms with Gasteiger partial charge in [-0.05, 0) is 167 Å². The summed E-state index contributed by atoms with van der Waals surface area (Å²) in [5.41, 5.74) is 0. The molecule has 0 bridgehead atoms. The number of esters is 3. The number of hydrogen-bond donors (Lipinski definition) is 4. The molecule has 0 radical (unpaired) electrons. The molecule has 0 saturated carbocycles. The molecule has 0 aliphatic rings. The molecule has 0 aliphatic carbocycles. The zero-order valence-electron chi connectivity index (χ0n) is 70.2. The molecule has 5 unspecified atom stereocenters. The Balaban J connectivity index is 4.69. The van der Waals surface area contributed by atoms with Crippen molar-refractivity contribution >= 4 is 33.6 Å². The Morgan fingerprint density at radius 1 is 0.248 bits per heavy atom. The average molecular weight is 1610 g/mol. The molecule has 0 aliphatic heterocycles. The van der Waals surface area contributed by atoms with E-state index in [0.717, 1.165) is 180 Å². The number of rotatable bonds is 80. The lowest BCUT2D eigenvalue weighted by molar-refractivity contribution is -0.161. The first kappa shape index (κ1) is 107. The number of aliphatic hydroxyl groups excluding tert-OH is 2. The summed E-state index contributed by atoms with van der Waals surface area (Å²) >= 11 is 0. The van der Waals surface area contributed by atoms with Crippen molar-refractivity contribution < 1.29 is 75.8 Å². The van der Waals surface area contributed by atoms with E-state index in [4.69, 9.17) is 32.3 Å². The number of carbonyl (C=O) groups excluding carboxylic acids is 3. The second-order valence-electron chi connectivity index (χ2n) is 28.2. The van der Waals surface area contributed by atoms with Gasteiger partial charge in [-0.25, -0.2) is 9.13 Å². The van der Waals surface area contributed by atoms with E-state index < -0.39 is 91.5 Å². The van der Waals surface area contributed by atoms with Gasteiger partial charge in [0.25, 0.3) is 0 Å². The number of carbonyl (C=O) groups is 3. The summed E-state index contributed by atoms with van der Waals surface area (Å²) in [6, 6.07) is 0. The molecule has 0 amide bonds. The molecule has 0 heterocycles. The minimum Gasteiger partial charge on any atom is -0.463 e. The second-order valence-corrected chi connectivity index (χ2v) is 31.1. The molecular weight excluding hydrogens is 1460 g/mol. The number of unbranched alkanes of at least 4 members (excludes halogenated alkanes) is 23. The maximum atomic E-state index is 13.0. The highest BCUT2D eigenvalue weighted by Gasteiger charge is 2.29. The van der Waals surface area contributed by atoms with Crippen molar-refractivity contribution in [2.45, 2.75) is 334 Å². The van der Waals surface area contributed by atoms with Gasteiger partial charge in [-0.1, -0.05) is 337 Å². The van der Waals surface area contributed by atoms with Crippen LogP contribution >= 0.6 is 15.6 Å². The number of aliphatic hydroxyl groups is 2. The van der Waals surface area contributed by atoms with Crippen LogP contribution in [0.15, 0.2) is 207 Å². The van der Waals surface area contributed by atoms with Gasteiger partial charge in [0.15, 0.2) is 6.10 Å². The van der Waals surface area contributed by atoms with E-state index >= 15 is 0 Å². The molecular formula is C95H154O16P2. The van der Waals surface area contributed by atoms with Crippen LogP contribution in [0.25, 0.3) is 0 Å². The maximum Gasteiger partial charge on any atom is 0.472 e. The van der Waals surface area contributed by atoms with Crippen molar-refractivity contribution in [2.24, 2.45) is 0 Å². The lowest BCUT2D eigenvalue weighted by Gasteiger charge is -2.21. The zero-order chi connectivity index (χ0) is 82.2. The molecule has 0 aromatic heterocycles. The minimum absolute atomic E-state index is 0.0413. The molecule has 5 atom stereocenters. The zero-order valence-corrected chi connectivity index (χ0v) is 72.0. The number of hydrogen-bond acceptors (Lipinski definition) is 14. The van der Waals surface area contributed by atoms with Gasteiger partial charge < -0.3 is 34.2 Å². The molecule has 18 heteroatoms. The Hall–Kier alpha value is -5.87. The van der Waals surface area contributed by atoms with Gasteiger partial charge in [0.2, 0.25) is 0 Å². The van der Waals surface area contributed by atoms with E-state index in [1.54, 1.807) is 0 Å². The van der Waals surface area contributed by atoms with Crippen LogP contribution in [0.1, 0.15) is 316 Å². The Morgan fingerprint density at radius 3 is 0.717 bits per heavy atom. The average Bonchev–Trinajstić information content (AvgIpc) is 0.903. The number of phosphoric acid groups is 2. The number of ether oxygens (including phenoxy) is 3. The summed E-state index contributed by atoms with van der Waals surface area (Å²) in [5, 5.41) is 20.7. The highest BCUT2D eigenvalue weighted by molar-refractivity contribution is 7.47. The molecule has 4 N–H and O–H groups in total. The highest BCUT2D eigenvalue weighted by atomic mass is 31.2. The van der Waals surface area contributed by atoms with E-state index in [9.17, 15) is 43.5 Å². The Bertz CT molecular complexity index is 2880. The lowest BCUT2D eigenvalue weighted by Crippen LogP contribution is -2.30. The molecule has 16 nitrogen and oxygen atoms in total. The third-order valence-corrected chi connectivity index (χ3v) is 19.4. The van der Waals surface area contributed by atoms with Gasteiger partial charge in [-0.3, -0.25) is 32.5 Å². The number of phosphoric ester groups is 2. The first-order chi connectivity index (χ1) is 55.2. The van der Waals surface area contributed by atoms with Crippen molar-refractivity contribution in [2.75, 3.05) is 39.6 Å². The van der Waals surface area contributed by atoms with Crippen LogP contribution in [-0.4, -0.2) is 95.9 Å². The van der Waals surface area contributed by atoms with Crippen LogP contribution in [0.5, 0.6) is 0 Å². The van der Waals surface area contributed by atoms with Crippen LogP contribution < -0.4 is 0 Å². The smallest absolute Gasteiger partial charge is 0.463 e. The van der Waals surface area contributed by atoms with Gasteiger partial charge in [0.1, 0.15) is 25.4 Å². The van der Waals surface area contributed by atoms with Crippen LogP contribution in [0.2, 0.25) is 0 Å². The molecule has 640 valence electrons. The van der Waals surface area contributed by atoms with Crippen LogP contribution in [0, 0.1) is 0 Å². The van der Waals surface area contributed by atoms with Crippen LogP contribution in [-0.2, 0) is 55.8 Å². The van der Waals surface area contributed by atoms with E-state index in [0.29, 0.717) is 25.7 Å². The Morgan fingerprint density at radius 2 is 0.442 bits per heavy atom. The van der Waals surface area contributed by atoms with Gasteiger partial charge in [0.05, 0.1) is 26.4 Å². The second kappa shape index (κ2) is 85.5. The molecule has 0 saturated heterocycles. The highest BCUT2D eigenvalue weighted by Crippen LogP contribution is 2.45. The van der Waals surface area contributed by atoms with Crippen molar-refractivity contribution in [1.29, 1.82) is 0 Å². The lowest BCUT2D eigenvalue weighted by atomic mass is 10.0. The van der Waals surface area contributed by atoms with Crippen molar-refractivity contribution in [3.63, 3.8) is 0 Å². The normalized spacial score (nSPS) is 14.9. The quantitative estimate of drug-likeness (QED) is 0.0146. The van der Waals surface area contributed by atoms with E-state index in [-0.39, 0.29) is 19.3 Å². The fourth-order valence-corrected chi connectivity index (χ4v) is 12.6.